The minimum absolute atomic E-state index is 0.258. The van der Waals surface area contributed by atoms with E-state index in [1.807, 2.05) is 6.07 Å². The van der Waals surface area contributed by atoms with E-state index >= 15 is 0 Å². The lowest BCUT2D eigenvalue weighted by Gasteiger charge is -2.28. The van der Waals surface area contributed by atoms with Crippen molar-refractivity contribution < 1.29 is 13.9 Å². The molecule has 0 radical (unpaired) electrons. The molecule has 0 amide bonds. The Balaban J connectivity index is 2.96. The molecule has 2 N–H and O–H groups in total. The minimum Gasteiger partial charge on any atom is -0.385 e. The maximum atomic E-state index is 14.0. The van der Waals surface area contributed by atoms with Gasteiger partial charge in [-0.2, -0.15) is 0 Å². The second-order valence-corrected chi connectivity index (χ2v) is 4.79. The molecular weight excluding hydrogens is 259 g/mol. The zero-order chi connectivity index (χ0) is 15.0. The first-order chi connectivity index (χ1) is 9.61. The van der Waals surface area contributed by atoms with Crippen LogP contribution in [-0.4, -0.2) is 40.5 Å². The highest BCUT2D eigenvalue weighted by molar-refractivity contribution is 5.55. The molecule has 114 valence electrons. The van der Waals surface area contributed by atoms with Crippen molar-refractivity contribution in [2.45, 2.75) is 19.4 Å². The largest absolute Gasteiger partial charge is 0.385 e. The first-order valence-electron chi connectivity index (χ1n) is 6.88. The van der Waals surface area contributed by atoms with Crippen LogP contribution < -0.4 is 10.6 Å². The van der Waals surface area contributed by atoms with Crippen LogP contribution in [0, 0.1) is 5.82 Å². The van der Waals surface area contributed by atoms with Gasteiger partial charge in [-0.25, -0.2) is 4.39 Å². The molecule has 0 saturated carbocycles. The van der Waals surface area contributed by atoms with Gasteiger partial charge in [0.05, 0.1) is 6.61 Å². The van der Waals surface area contributed by atoms with Crippen LogP contribution in [0.5, 0.6) is 0 Å². The molecule has 4 nitrogen and oxygen atoms in total. The molecule has 0 spiro atoms. The molecule has 20 heavy (non-hydrogen) atoms. The van der Waals surface area contributed by atoms with E-state index < -0.39 is 0 Å². The lowest BCUT2D eigenvalue weighted by Crippen LogP contribution is -2.31. The maximum absolute atomic E-state index is 14.0. The summed E-state index contributed by atoms with van der Waals surface area (Å²) in [5.41, 5.74) is 7.31. The normalized spacial score (nSPS) is 12.4. The summed E-state index contributed by atoms with van der Waals surface area (Å²) in [6, 6.07) is 4.72. The van der Waals surface area contributed by atoms with Crippen molar-refractivity contribution in [1.82, 2.24) is 0 Å². The lowest BCUT2D eigenvalue weighted by molar-refractivity contribution is 0.191. The average molecular weight is 284 g/mol. The molecule has 1 aromatic rings. The van der Waals surface area contributed by atoms with Gasteiger partial charge in [0.2, 0.25) is 0 Å². The molecule has 1 rings (SSSR count). The molecular formula is C15H25FN2O2. The Morgan fingerprint density at radius 1 is 1.20 bits per heavy atom. The molecule has 0 bridgehead atoms. The number of rotatable bonds is 9. The van der Waals surface area contributed by atoms with Gasteiger partial charge >= 0.3 is 0 Å². The van der Waals surface area contributed by atoms with Crippen LogP contribution in [0.2, 0.25) is 0 Å². The monoisotopic (exact) mass is 284 g/mol. The molecule has 0 saturated heterocycles. The van der Waals surface area contributed by atoms with Gasteiger partial charge in [0.15, 0.2) is 0 Å². The summed E-state index contributed by atoms with van der Waals surface area (Å²) < 4.78 is 24.2. The third kappa shape index (κ3) is 4.74. The van der Waals surface area contributed by atoms with E-state index in [9.17, 15) is 4.39 Å². The zero-order valence-electron chi connectivity index (χ0n) is 12.6. The number of halogens is 1. The lowest BCUT2D eigenvalue weighted by atomic mass is 10.0. The van der Waals surface area contributed by atoms with Gasteiger partial charge < -0.3 is 20.1 Å². The van der Waals surface area contributed by atoms with Gasteiger partial charge in [-0.1, -0.05) is 6.07 Å². The van der Waals surface area contributed by atoms with E-state index in [2.05, 4.69) is 4.90 Å². The van der Waals surface area contributed by atoms with Crippen LogP contribution in [0.3, 0.4) is 0 Å². The molecule has 0 aliphatic heterocycles. The second kappa shape index (κ2) is 8.89. The van der Waals surface area contributed by atoms with E-state index in [-0.39, 0.29) is 11.9 Å². The summed E-state index contributed by atoms with van der Waals surface area (Å²) in [6.45, 7) is 4.53. The predicted molar refractivity (Wildman–Crippen MR) is 79.6 cm³/mol. The van der Waals surface area contributed by atoms with Crippen molar-refractivity contribution >= 4 is 5.69 Å². The van der Waals surface area contributed by atoms with Crippen LogP contribution in [0.25, 0.3) is 0 Å². The number of benzene rings is 1. The van der Waals surface area contributed by atoms with Crippen molar-refractivity contribution in [3.63, 3.8) is 0 Å². The first-order valence-corrected chi connectivity index (χ1v) is 6.88. The molecule has 0 aliphatic carbocycles. The highest BCUT2D eigenvalue weighted by Crippen LogP contribution is 2.28. The van der Waals surface area contributed by atoms with Crippen molar-refractivity contribution in [2.75, 3.05) is 45.4 Å². The SMILES string of the molecule is COCCCN(CCOC)c1cccc(F)c1C(C)N. The molecule has 0 aliphatic rings. The van der Waals surface area contributed by atoms with E-state index in [4.69, 9.17) is 15.2 Å². The Hall–Kier alpha value is -1.17. The van der Waals surface area contributed by atoms with Crippen molar-refractivity contribution in [2.24, 2.45) is 5.73 Å². The Morgan fingerprint density at radius 3 is 2.50 bits per heavy atom. The van der Waals surface area contributed by atoms with E-state index in [1.165, 1.54) is 6.07 Å². The van der Waals surface area contributed by atoms with Gasteiger partial charge in [0.1, 0.15) is 5.82 Å². The zero-order valence-corrected chi connectivity index (χ0v) is 12.6. The van der Waals surface area contributed by atoms with Gasteiger partial charge in [0, 0.05) is 51.2 Å². The van der Waals surface area contributed by atoms with E-state index in [0.717, 1.165) is 18.7 Å². The summed E-state index contributed by atoms with van der Waals surface area (Å²) in [5.74, 6) is -0.258. The fourth-order valence-electron chi connectivity index (χ4n) is 2.21. The first kappa shape index (κ1) is 16.9. The Labute approximate surface area is 120 Å². The predicted octanol–water partition coefficient (Wildman–Crippen LogP) is 2.33. The third-order valence-electron chi connectivity index (χ3n) is 3.17. The smallest absolute Gasteiger partial charge is 0.130 e. The van der Waals surface area contributed by atoms with Gasteiger partial charge in [-0.05, 0) is 25.5 Å². The fraction of sp³-hybridized carbons (Fsp3) is 0.600. The molecule has 1 aromatic carbocycles. The number of ether oxygens (including phenoxy) is 2. The quantitative estimate of drug-likeness (QED) is 0.707. The summed E-state index contributed by atoms with van der Waals surface area (Å²) in [6.07, 6.45) is 0.870. The Morgan fingerprint density at radius 2 is 1.90 bits per heavy atom. The fourth-order valence-corrected chi connectivity index (χ4v) is 2.21. The van der Waals surface area contributed by atoms with Crippen LogP contribution in [0.15, 0.2) is 18.2 Å². The highest BCUT2D eigenvalue weighted by atomic mass is 19.1. The standard InChI is InChI=1S/C15H25FN2O2/c1-12(17)15-13(16)6-4-7-14(15)18(9-11-20-3)8-5-10-19-2/h4,6-7,12H,5,8-11,17H2,1-3H3. The summed E-state index contributed by atoms with van der Waals surface area (Å²) in [4.78, 5) is 2.10. The number of hydrogen-bond acceptors (Lipinski definition) is 4. The van der Waals surface area contributed by atoms with Gasteiger partial charge in [0.25, 0.3) is 0 Å². The van der Waals surface area contributed by atoms with Crippen molar-refractivity contribution in [3.8, 4) is 0 Å². The molecule has 0 aromatic heterocycles. The summed E-state index contributed by atoms with van der Waals surface area (Å²) in [5, 5.41) is 0. The molecule has 1 atom stereocenters. The van der Waals surface area contributed by atoms with Gasteiger partial charge in [-0.15, -0.1) is 0 Å². The minimum atomic E-state index is -0.348. The van der Waals surface area contributed by atoms with E-state index in [1.54, 1.807) is 27.2 Å². The number of nitrogens with two attached hydrogens (primary N) is 1. The summed E-state index contributed by atoms with van der Waals surface area (Å²) in [7, 11) is 3.33. The van der Waals surface area contributed by atoms with Crippen molar-refractivity contribution in [3.05, 3.63) is 29.6 Å². The molecule has 0 heterocycles. The van der Waals surface area contributed by atoms with Crippen LogP contribution in [-0.2, 0) is 9.47 Å². The molecule has 5 heteroatoms. The van der Waals surface area contributed by atoms with Gasteiger partial charge in [-0.3, -0.25) is 0 Å². The topological polar surface area (TPSA) is 47.7 Å². The summed E-state index contributed by atoms with van der Waals surface area (Å²) >= 11 is 0. The van der Waals surface area contributed by atoms with Crippen LogP contribution in [0.4, 0.5) is 10.1 Å². The highest BCUT2D eigenvalue weighted by Gasteiger charge is 2.17. The van der Waals surface area contributed by atoms with E-state index in [0.29, 0.717) is 25.3 Å². The van der Waals surface area contributed by atoms with Crippen molar-refractivity contribution in [1.29, 1.82) is 0 Å². The number of nitrogens with zero attached hydrogens (tertiary/aromatic N) is 1. The molecule has 0 fully saturated rings. The number of hydrogen-bond donors (Lipinski definition) is 1. The third-order valence-corrected chi connectivity index (χ3v) is 3.17. The average Bonchev–Trinajstić information content (AvgIpc) is 2.42. The van der Waals surface area contributed by atoms with Crippen LogP contribution >= 0.6 is 0 Å². The number of anilines is 1. The number of methoxy groups -OCH3 is 2. The Bertz CT molecular complexity index is 399. The second-order valence-electron chi connectivity index (χ2n) is 4.79. The Kier molecular flexibility index (Phi) is 7.51. The van der Waals surface area contributed by atoms with Crippen LogP contribution in [0.1, 0.15) is 24.9 Å². The molecule has 1 unspecified atom stereocenters. The maximum Gasteiger partial charge on any atom is 0.130 e.